The molecule has 14 nitrogen and oxygen atoms in total. The number of thioether (sulfide) groups is 1. The van der Waals surface area contributed by atoms with E-state index in [1.807, 2.05) is 0 Å². The van der Waals surface area contributed by atoms with Crippen molar-refractivity contribution in [2.75, 3.05) is 12.8 Å². The van der Waals surface area contributed by atoms with E-state index in [1.54, 1.807) is 107 Å². The molecule has 15 heteroatoms. The Kier molecular flexibility index (Phi) is 16.4. The summed E-state index contributed by atoms with van der Waals surface area (Å²) in [6, 6.07) is 3.20. The van der Waals surface area contributed by atoms with Crippen molar-refractivity contribution in [3.63, 3.8) is 0 Å². The smallest absolute Gasteiger partial charge is 0.408 e. The van der Waals surface area contributed by atoms with Crippen molar-refractivity contribution in [2.45, 2.75) is 124 Å². The highest BCUT2D eigenvalue weighted by Gasteiger charge is 2.34. The van der Waals surface area contributed by atoms with E-state index in [1.165, 1.54) is 11.8 Å². The number of benzene rings is 1. The van der Waals surface area contributed by atoms with Crippen LogP contribution in [-0.2, 0) is 44.6 Å². The van der Waals surface area contributed by atoms with E-state index in [0.29, 0.717) is 16.2 Å². The van der Waals surface area contributed by atoms with Gasteiger partial charge in [0.05, 0.1) is 18.0 Å². The average molecular weight is 722 g/mol. The molecule has 3 atom stereocenters. The van der Waals surface area contributed by atoms with E-state index in [0.717, 1.165) is 0 Å². The molecule has 0 saturated carbocycles. The molecule has 0 fully saturated rings. The maximum Gasteiger partial charge on any atom is 0.408 e. The number of esters is 2. The standard InChI is InChI=1S/C35H55N5O9S/c1-20(2)27(31(45)48-34(6,7)8)40-30(44)24(18-26(42)47-33(3,4)5)38-25(41)19-37-29(43)23(39-32(46)49-35(9,10)11)17-21-13-15-22(16-14-21)28(36)50-12/h13-16,20,23-24,27,36H,17-19H2,1-12H3,(H,37,43)(H,38,41)(H,39,46)(H,40,44)/t23?,24-,27-/m0/s1. The van der Waals surface area contributed by atoms with Crippen LogP contribution < -0.4 is 21.3 Å². The van der Waals surface area contributed by atoms with Crippen LogP contribution >= 0.6 is 11.8 Å². The van der Waals surface area contributed by atoms with Gasteiger partial charge in [0.25, 0.3) is 0 Å². The minimum Gasteiger partial charge on any atom is -0.460 e. The van der Waals surface area contributed by atoms with Crippen LogP contribution in [0.15, 0.2) is 24.3 Å². The van der Waals surface area contributed by atoms with E-state index in [2.05, 4.69) is 21.3 Å². The van der Waals surface area contributed by atoms with Gasteiger partial charge in [-0.05, 0) is 80.1 Å². The first kappa shape index (κ1) is 43.9. The summed E-state index contributed by atoms with van der Waals surface area (Å²) in [6.07, 6.45) is 0.414. The van der Waals surface area contributed by atoms with Gasteiger partial charge in [-0.1, -0.05) is 38.1 Å². The number of alkyl carbamates (subject to hydrolysis) is 1. The van der Waals surface area contributed by atoms with Gasteiger partial charge in [-0.2, -0.15) is 0 Å². The summed E-state index contributed by atoms with van der Waals surface area (Å²) in [5.41, 5.74) is -1.18. The van der Waals surface area contributed by atoms with Gasteiger partial charge in [-0.3, -0.25) is 24.6 Å². The predicted octanol–water partition coefficient (Wildman–Crippen LogP) is 3.63. The second kappa shape index (κ2) is 18.7. The molecule has 1 unspecified atom stereocenters. The number of ether oxygens (including phenoxy) is 3. The SMILES string of the molecule is CSC(=N)c1ccc(CC(NC(=O)OC(C)(C)C)C(=O)NCC(=O)N[C@@H](CC(=O)OC(C)(C)C)C(=O)N[C@H](C(=O)OC(C)(C)C)C(C)C)cc1. The number of carbonyl (C=O) groups is 6. The molecule has 0 aliphatic carbocycles. The number of carbonyl (C=O) groups excluding carboxylic acids is 6. The maximum absolute atomic E-state index is 13.4. The van der Waals surface area contributed by atoms with Crippen molar-refractivity contribution in [1.82, 2.24) is 21.3 Å². The predicted molar refractivity (Wildman–Crippen MR) is 192 cm³/mol. The lowest BCUT2D eigenvalue weighted by molar-refractivity contribution is -0.160. The molecule has 0 spiro atoms. The summed E-state index contributed by atoms with van der Waals surface area (Å²) in [5, 5.41) is 18.4. The Morgan fingerprint density at radius 3 is 1.76 bits per heavy atom. The molecule has 0 aliphatic heterocycles. The first-order valence-corrected chi connectivity index (χ1v) is 17.6. The van der Waals surface area contributed by atoms with Gasteiger partial charge in [0.2, 0.25) is 17.7 Å². The molecule has 280 valence electrons. The Morgan fingerprint density at radius 2 is 1.28 bits per heavy atom. The topological polar surface area (TPSA) is 202 Å². The monoisotopic (exact) mass is 721 g/mol. The number of hydrogen-bond acceptors (Lipinski definition) is 11. The van der Waals surface area contributed by atoms with Gasteiger partial charge in [0, 0.05) is 12.0 Å². The lowest BCUT2D eigenvalue weighted by atomic mass is 10.0. The van der Waals surface area contributed by atoms with Crippen molar-refractivity contribution in [3.05, 3.63) is 35.4 Å². The van der Waals surface area contributed by atoms with Crippen LogP contribution in [0.3, 0.4) is 0 Å². The van der Waals surface area contributed by atoms with Gasteiger partial charge in [0.1, 0.15) is 34.9 Å². The van der Waals surface area contributed by atoms with Crippen LogP contribution in [0.1, 0.15) is 93.7 Å². The Hall–Kier alpha value is -4.14. The summed E-state index contributed by atoms with van der Waals surface area (Å²) in [7, 11) is 0. The highest BCUT2D eigenvalue weighted by molar-refractivity contribution is 8.13. The zero-order valence-corrected chi connectivity index (χ0v) is 32.1. The minimum atomic E-state index is -1.47. The van der Waals surface area contributed by atoms with E-state index in [-0.39, 0.29) is 6.42 Å². The zero-order chi connectivity index (χ0) is 38.6. The van der Waals surface area contributed by atoms with E-state index >= 15 is 0 Å². The number of nitrogens with one attached hydrogen (secondary N) is 5. The Balaban J connectivity index is 3.17. The Bertz CT molecular complexity index is 1380. The van der Waals surface area contributed by atoms with Crippen molar-refractivity contribution in [2.24, 2.45) is 5.92 Å². The Labute approximate surface area is 299 Å². The molecule has 4 amide bonds. The van der Waals surface area contributed by atoms with Gasteiger partial charge >= 0.3 is 18.0 Å². The van der Waals surface area contributed by atoms with Crippen molar-refractivity contribution in [3.8, 4) is 0 Å². The summed E-state index contributed by atoms with van der Waals surface area (Å²) >= 11 is 1.28. The van der Waals surface area contributed by atoms with Crippen LogP contribution in [0.4, 0.5) is 4.79 Å². The molecule has 1 rings (SSSR count). The largest absolute Gasteiger partial charge is 0.460 e. The van der Waals surface area contributed by atoms with Gasteiger partial charge in [0.15, 0.2) is 0 Å². The van der Waals surface area contributed by atoms with Crippen LogP contribution in [0, 0.1) is 11.3 Å². The second-order valence-corrected chi connectivity index (χ2v) is 15.8. The first-order chi connectivity index (χ1) is 22.8. The highest BCUT2D eigenvalue weighted by atomic mass is 32.2. The quantitative estimate of drug-likeness (QED) is 0.0818. The zero-order valence-electron chi connectivity index (χ0n) is 31.3. The lowest BCUT2D eigenvalue weighted by Crippen LogP contribution is -2.56. The molecule has 1 aromatic rings. The summed E-state index contributed by atoms with van der Waals surface area (Å²) in [5.74, 6) is -4.23. The van der Waals surface area contributed by atoms with Gasteiger partial charge < -0.3 is 35.5 Å². The van der Waals surface area contributed by atoms with E-state index < -0.39 is 89.6 Å². The Morgan fingerprint density at radius 1 is 0.740 bits per heavy atom. The highest BCUT2D eigenvalue weighted by Crippen LogP contribution is 2.15. The molecule has 0 radical (unpaired) electrons. The van der Waals surface area contributed by atoms with Gasteiger partial charge in [-0.15, -0.1) is 11.8 Å². The molecule has 0 aliphatic rings. The molecule has 0 heterocycles. The molecular weight excluding hydrogens is 666 g/mol. The summed E-state index contributed by atoms with van der Waals surface area (Å²) in [6.45, 7) is 17.8. The van der Waals surface area contributed by atoms with E-state index in [9.17, 15) is 28.8 Å². The maximum atomic E-state index is 13.4. The third-order valence-electron chi connectivity index (χ3n) is 6.36. The molecule has 0 aromatic heterocycles. The number of amides is 4. The number of rotatable bonds is 14. The fourth-order valence-electron chi connectivity index (χ4n) is 4.22. The second-order valence-electron chi connectivity index (χ2n) is 15.0. The number of hydrogen-bond donors (Lipinski definition) is 5. The first-order valence-electron chi connectivity index (χ1n) is 16.3. The third-order valence-corrected chi connectivity index (χ3v) is 7.00. The van der Waals surface area contributed by atoms with Crippen molar-refractivity contribution < 1.29 is 43.0 Å². The molecule has 1 aromatic carbocycles. The lowest BCUT2D eigenvalue weighted by Gasteiger charge is -2.28. The normalized spacial score (nSPS) is 13.6. The summed E-state index contributed by atoms with van der Waals surface area (Å²) < 4.78 is 16.1. The van der Waals surface area contributed by atoms with Crippen molar-refractivity contribution >= 4 is 52.6 Å². The van der Waals surface area contributed by atoms with Crippen LogP contribution in [0.5, 0.6) is 0 Å². The van der Waals surface area contributed by atoms with Crippen molar-refractivity contribution in [1.29, 1.82) is 5.41 Å². The van der Waals surface area contributed by atoms with Crippen LogP contribution in [0.2, 0.25) is 0 Å². The molecule has 0 bridgehead atoms. The molecule has 5 N–H and O–H groups in total. The fourth-order valence-corrected chi connectivity index (χ4v) is 4.59. The molecular formula is C35H55N5O9S. The van der Waals surface area contributed by atoms with Crippen LogP contribution in [-0.4, -0.2) is 88.5 Å². The minimum absolute atomic E-state index is 0.0322. The fraction of sp³-hybridized carbons (Fsp3) is 0.629. The van der Waals surface area contributed by atoms with E-state index in [4.69, 9.17) is 19.6 Å². The van der Waals surface area contributed by atoms with Gasteiger partial charge in [-0.25, -0.2) is 9.59 Å². The van der Waals surface area contributed by atoms with Crippen LogP contribution in [0.25, 0.3) is 0 Å². The molecule has 50 heavy (non-hydrogen) atoms. The summed E-state index contributed by atoms with van der Waals surface area (Å²) in [4.78, 5) is 78.1. The third kappa shape index (κ3) is 17.5. The molecule has 0 saturated heterocycles. The average Bonchev–Trinajstić information content (AvgIpc) is 2.94.